The molecule has 0 aliphatic carbocycles. The van der Waals surface area contributed by atoms with E-state index in [1.807, 2.05) is 0 Å². The summed E-state index contributed by atoms with van der Waals surface area (Å²) >= 11 is 1.80. The van der Waals surface area contributed by atoms with Gasteiger partial charge in [0.2, 0.25) is 0 Å². The molecule has 3 rings (SSSR count). The molecule has 96 valence electrons. The molecule has 0 aliphatic heterocycles. The molecule has 2 heteroatoms. The topological polar surface area (TPSA) is 12.0 Å². The fraction of sp³-hybridized carbons (Fsp3) is 0.176. The van der Waals surface area contributed by atoms with Crippen LogP contribution >= 0.6 is 11.3 Å². The second kappa shape index (κ2) is 5.55. The molecule has 1 aromatic heterocycles. The van der Waals surface area contributed by atoms with E-state index in [9.17, 15) is 0 Å². The fourth-order valence-electron chi connectivity index (χ4n) is 2.40. The molecule has 0 spiro atoms. The quantitative estimate of drug-likeness (QED) is 0.719. The van der Waals surface area contributed by atoms with E-state index in [1.54, 1.807) is 11.3 Å². The third-order valence-corrected chi connectivity index (χ3v) is 4.33. The van der Waals surface area contributed by atoms with Crippen molar-refractivity contribution in [3.8, 4) is 0 Å². The summed E-state index contributed by atoms with van der Waals surface area (Å²) in [4.78, 5) is 1.38. The highest BCUT2D eigenvalue weighted by Gasteiger charge is 2.08. The number of benzene rings is 2. The van der Waals surface area contributed by atoms with Gasteiger partial charge >= 0.3 is 0 Å². The molecule has 1 nitrogen and oxygen atoms in total. The molecule has 0 saturated heterocycles. The van der Waals surface area contributed by atoms with Crippen LogP contribution in [0.25, 0.3) is 10.8 Å². The van der Waals surface area contributed by atoms with Crippen LogP contribution in [0.4, 0.5) is 0 Å². The van der Waals surface area contributed by atoms with Gasteiger partial charge in [0.1, 0.15) is 0 Å². The summed E-state index contributed by atoms with van der Waals surface area (Å²) in [5.41, 5.74) is 1.37. The van der Waals surface area contributed by atoms with E-state index in [1.165, 1.54) is 21.2 Å². The zero-order chi connectivity index (χ0) is 13.1. The Morgan fingerprint density at radius 3 is 2.68 bits per heavy atom. The Hall–Kier alpha value is -1.64. The number of thiophene rings is 1. The number of hydrogen-bond acceptors (Lipinski definition) is 2. The SMILES string of the molecule is CC(NCc1cccs1)c1cccc2ccccc12. The zero-order valence-electron chi connectivity index (χ0n) is 11.0. The molecule has 0 aliphatic rings. The third kappa shape index (κ3) is 2.70. The minimum absolute atomic E-state index is 0.355. The van der Waals surface area contributed by atoms with E-state index in [0.29, 0.717) is 6.04 Å². The summed E-state index contributed by atoms with van der Waals surface area (Å²) in [5, 5.41) is 8.38. The molecule has 0 amide bonds. The van der Waals surface area contributed by atoms with Crippen LogP contribution in [0.3, 0.4) is 0 Å². The van der Waals surface area contributed by atoms with Gasteiger partial charge < -0.3 is 5.32 Å². The van der Waals surface area contributed by atoms with E-state index in [2.05, 4.69) is 72.2 Å². The van der Waals surface area contributed by atoms with E-state index in [0.717, 1.165) is 6.54 Å². The highest BCUT2D eigenvalue weighted by atomic mass is 32.1. The maximum Gasteiger partial charge on any atom is 0.0305 e. The Bertz CT molecular complexity index is 653. The van der Waals surface area contributed by atoms with Gasteiger partial charge in [-0.3, -0.25) is 0 Å². The van der Waals surface area contributed by atoms with Crippen molar-refractivity contribution in [1.29, 1.82) is 0 Å². The van der Waals surface area contributed by atoms with E-state index < -0.39 is 0 Å². The number of fused-ring (bicyclic) bond motifs is 1. The average Bonchev–Trinajstić information content (AvgIpc) is 2.97. The lowest BCUT2D eigenvalue weighted by molar-refractivity contribution is 0.582. The Labute approximate surface area is 117 Å². The van der Waals surface area contributed by atoms with Crippen molar-refractivity contribution in [3.63, 3.8) is 0 Å². The second-order valence-electron chi connectivity index (χ2n) is 4.75. The summed E-state index contributed by atoms with van der Waals surface area (Å²) in [6, 6.07) is 19.7. The van der Waals surface area contributed by atoms with Crippen LogP contribution in [0.1, 0.15) is 23.4 Å². The van der Waals surface area contributed by atoms with Gasteiger partial charge in [-0.1, -0.05) is 48.5 Å². The van der Waals surface area contributed by atoms with Crippen LogP contribution in [-0.4, -0.2) is 0 Å². The van der Waals surface area contributed by atoms with Crippen LogP contribution in [0.5, 0.6) is 0 Å². The average molecular weight is 267 g/mol. The van der Waals surface area contributed by atoms with Crippen LogP contribution in [0, 0.1) is 0 Å². The molecule has 0 fully saturated rings. The van der Waals surface area contributed by atoms with Crippen LogP contribution < -0.4 is 5.32 Å². The van der Waals surface area contributed by atoms with Crippen molar-refractivity contribution in [3.05, 3.63) is 70.4 Å². The lowest BCUT2D eigenvalue weighted by Crippen LogP contribution is -2.17. The van der Waals surface area contributed by atoms with Crippen molar-refractivity contribution < 1.29 is 0 Å². The van der Waals surface area contributed by atoms with Crippen molar-refractivity contribution >= 4 is 22.1 Å². The standard InChI is InChI=1S/C17H17NS/c1-13(18-12-15-8-5-11-19-15)16-10-4-7-14-6-2-3-9-17(14)16/h2-11,13,18H,12H2,1H3. The van der Waals surface area contributed by atoms with Crippen molar-refractivity contribution in [2.75, 3.05) is 0 Å². The molecule has 0 bridgehead atoms. The first kappa shape index (κ1) is 12.4. The van der Waals surface area contributed by atoms with Gasteiger partial charge in [0.25, 0.3) is 0 Å². The van der Waals surface area contributed by atoms with Crippen LogP contribution in [-0.2, 0) is 6.54 Å². The minimum Gasteiger partial charge on any atom is -0.305 e. The summed E-state index contributed by atoms with van der Waals surface area (Å²) in [7, 11) is 0. The lowest BCUT2D eigenvalue weighted by Gasteiger charge is -2.16. The normalized spacial score (nSPS) is 12.7. The van der Waals surface area contributed by atoms with E-state index >= 15 is 0 Å². The molecule has 0 saturated carbocycles. The molecule has 1 heterocycles. The van der Waals surface area contributed by atoms with Gasteiger partial charge in [0.15, 0.2) is 0 Å². The Balaban J connectivity index is 1.83. The number of hydrogen-bond donors (Lipinski definition) is 1. The Kier molecular flexibility index (Phi) is 3.62. The summed E-state index contributed by atoms with van der Waals surface area (Å²) in [5.74, 6) is 0. The van der Waals surface area contributed by atoms with Gasteiger partial charge in [0.05, 0.1) is 0 Å². The van der Waals surface area contributed by atoms with Gasteiger partial charge in [-0.15, -0.1) is 11.3 Å². The molecule has 1 N–H and O–H groups in total. The minimum atomic E-state index is 0.355. The molecular formula is C17H17NS. The molecule has 0 radical (unpaired) electrons. The van der Waals surface area contributed by atoms with Gasteiger partial charge in [-0.05, 0) is 34.7 Å². The van der Waals surface area contributed by atoms with Gasteiger partial charge in [0, 0.05) is 17.5 Å². The summed E-state index contributed by atoms with van der Waals surface area (Å²) in [6.45, 7) is 3.16. The highest BCUT2D eigenvalue weighted by molar-refractivity contribution is 7.09. The number of nitrogens with one attached hydrogen (secondary N) is 1. The first-order valence-electron chi connectivity index (χ1n) is 6.58. The maximum atomic E-state index is 3.60. The fourth-order valence-corrected chi connectivity index (χ4v) is 3.06. The summed E-state index contributed by atoms with van der Waals surface area (Å²) < 4.78 is 0. The highest BCUT2D eigenvalue weighted by Crippen LogP contribution is 2.24. The first-order valence-corrected chi connectivity index (χ1v) is 7.46. The Morgan fingerprint density at radius 1 is 1.00 bits per heavy atom. The molecule has 1 atom stereocenters. The van der Waals surface area contributed by atoms with E-state index in [-0.39, 0.29) is 0 Å². The van der Waals surface area contributed by atoms with E-state index in [4.69, 9.17) is 0 Å². The smallest absolute Gasteiger partial charge is 0.0305 e. The monoisotopic (exact) mass is 267 g/mol. The Morgan fingerprint density at radius 2 is 1.84 bits per heavy atom. The largest absolute Gasteiger partial charge is 0.305 e. The maximum absolute atomic E-state index is 3.60. The second-order valence-corrected chi connectivity index (χ2v) is 5.78. The van der Waals surface area contributed by atoms with Crippen molar-refractivity contribution in [1.82, 2.24) is 5.32 Å². The van der Waals surface area contributed by atoms with Crippen LogP contribution in [0.15, 0.2) is 60.0 Å². The van der Waals surface area contributed by atoms with Crippen LogP contribution in [0.2, 0.25) is 0 Å². The molecule has 1 unspecified atom stereocenters. The molecule has 3 aromatic rings. The zero-order valence-corrected chi connectivity index (χ0v) is 11.8. The van der Waals surface area contributed by atoms with Crippen molar-refractivity contribution in [2.45, 2.75) is 19.5 Å². The predicted molar refractivity (Wildman–Crippen MR) is 83.5 cm³/mol. The first-order chi connectivity index (χ1) is 9.34. The van der Waals surface area contributed by atoms with Gasteiger partial charge in [-0.2, -0.15) is 0 Å². The summed E-state index contributed by atoms with van der Waals surface area (Å²) in [6.07, 6.45) is 0. The lowest BCUT2D eigenvalue weighted by atomic mass is 10.00. The third-order valence-electron chi connectivity index (χ3n) is 3.45. The van der Waals surface area contributed by atoms with Gasteiger partial charge in [-0.25, -0.2) is 0 Å². The van der Waals surface area contributed by atoms with Crippen molar-refractivity contribution in [2.24, 2.45) is 0 Å². The molecular weight excluding hydrogens is 250 g/mol. The molecule has 2 aromatic carbocycles. The molecule has 19 heavy (non-hydrogen) atoms. The predicted octanol–water partition coefficient (Wildman–Crippen LogP) is 4.75. The number of rotatable bonds is 4.